The molecule has 1 aromatic carbocycles. The highest BCUT2D eigenvalue weighted by atomic mass is 16.5. The lowest BCUT2D eigenvalue weighted by molar-refractivity contribution is 0.0857. The van der Waals surface area contributed by atoms with Gasteiger partial charge in [0.2, 0.25) is 0 Å². The van der Waals surface area contributed by atoms with Gasteiger partial charge in [0.05, 0.1) is 29.2 Å². The summed E-state index contributed by atoms with van der Waals surface area (Å²) in [7, 11) is 0. The van der Waals surface area contributed by atoms with Crippen LogP contribution in [-0.4, -0.2) is 34.9 Å². The third kappa shape index (κ3) is 3.67. The van der Waals surface area contributed by atoms with E-state index in [2.05, 4.69) is 36.4 Å². The second-order valence-corrected chi connectivity index (χ2v) is 6.35. The molecule has 1 aliphatic rings. The minimum atomic E-state index is -0.0622. The van der Waals surface area contributed by atoms with Gasteiger partial charge in [0.1, 0.15) is 0 Å². The van der Waals surface area contributed by atoms with Crippen LogP contribution < -0.4 is 5.32 Å². The Balaban J connectivity index is 1.81. The van der Waals surface area contributed by atoms with Crippen LogP contribution in [0.3, 0.4) is 0 Å². The van der Waals surface area contributed by atoms with E-state index in [0.29, 0.717) is 12.1 Å². The predicted molar refractivity (Wildman–Crippen MR) is 93.6 cm³/mol. The second kappa shape index (κ2) is 7.62. The molecule has 2 heterocycles. The number of aryl methyl sites for hydroxylation is 1. The Kier molecular flexibility index (Phi) is 5.30. The first-order valence-electron chi connectivity index (χ1n) is 8.72. The van der Waals surface area contributed by atoms with Gasteiger partial charge < -0.3 is 10.1 Å². The molecule has 1 N–H and O–H groups in total. The molecule has 0 saturated carbocycles. The molecule has 3 rings (SSSR count). The predicted octanol–water partition coefficient (Wildman–Crippen LogP) is 3.04. The van der Waals surface area contributed by atoms with E-state index in [0.717, 1.165) is 43.7 Å². The number of nitrogens with zero attached hydrogens (tertiary/aromatic N) is 2. The summed E-state index contributed by atoms with van der Waals surface area (Å²) in [6.07, 6.45) is 5.70. The van der Waals surface area contributed by atoms with Crippen LogP contribution >= 0.6 is 0 Å². The summed E-state index contributed by atoms with van der Waals surface area (Å²) in [5, 5.41) is 7.47. The topological polar surface area (TPSA) is 56.1 Å². The van der Waals surface area contributed by atoms with E-state index < -0.39 is 0 Å². The number of ether oxygens (including phenoxy) is 1. The molecule has 1 aliphatic heterocycles. The van der Waals surface area contributed by atoms with Crippen molar-refractivity contribution >= 4 is 5.91 Å². The number of nitrogens with one attached hydrogen (secondary N) is 1. The summed E-state index contributed by atoms with van der Waals surface area (Å²) in [6.45, 7) is 5.54. The highest BCUT2D eigenvalue weighted by Crippen LogP contribution is 2.18. The monoisotopic (exact) mass is 327 g/mol. The van der Waals surface area contributed by atoms with E-state index in [1.807, 2.05) is 16.8 Å². The maximum Gasteiger partial charge on any atom is 0.254 e. The zero-order valence-corrected chi connectivity index (χ0v) is 14.4. The van der Waals surface area contributed by atoms with Crippen molar-refractivity contribution in [3.8, 4) is 5.69 Å². The average molecular weight is 327 g/mol. The molecule has 0 unspecified atom stereocenters. The summed E-state index contributed by atoms with van der Waals surface area (Å²) in [5.74, 6) is -0.0622. The van der Waals surface area contributed by atoms with E-state index in [4.69, 9.17) is 4.74 Å². The lowest BCUT2D eigenvalue weighted by atomic mass is 10.1. The molecule has 1 amide bonds. The van der Waals surface area contributed by atoms with Gasteiger partial charge in [-0.3, -0.25) is 4.79 Å². The fraction of sp³-hybridized carbons (Fsp3) is 0.474. The summed E-state index contributed by atoms with van der Waals surface area (Å²) in [5.41, 5.74) is 3.80. The van der Waals surface area contributed by atoms with Crippen molar-refractivity contribution in [2.45, 2.75) is 45.6 Å². The van der Waals surface area contributed by atoms with Crippen LogP contribution in [0.5, 0.6) is 0 Å². The molecule has 128 valence electrons. The molecule has 2 aromatic rings. The highest BCUT2D eigenvalue weighted by Gasteiger charge is 2.20. The smallest absolute Gasteiger partial charge is 0.254 e. The SMILES string of the molecule is CCCc1c(C(=O)NC[C@@H]2CCCO2)cnn1-c1cccc(C)c1. The van der Waals surface area contributed by atoms with Crippen molar-refractivity contribution in [1.29, 1.82) is 0 Å². The Bertz CT molecular complexity index is 702. The molecule has 1 fully saturated rings. The summed E-state index contributed by atoms with van der Waals surface area (Å²) in [4.78, 5) is 12.6. The Labute approximate surface area is 143 Å². The van der Waals surface area contributed by atoms with Gasteiger partial charge in [-0.2, -0.15) is 5.10 Å². The molecule has 1 atom stereocenters. The minimum absolute atomic E-state index is 0.0622. The van der Waals surface area contributed by atoms with Gasteiger partial charge in [-0.05, 0) is 43.9 Å². The van der Waals surface area contributed by atoms with Gasteiger partial charge in [-0.25, -0.2) is 4.68 Å². The van der Waals surface area contributed by atoms with Crippen LogP contribution in [0.1, 0.15) is 47.8 Å². The van der Waals surface area contributed by atoms with E-state index in [-0.39, 0.29) is 12.0 Å². The van der Waals surface area contributed by atoms with Gasteiger partial charge in [0.15, 0.2) is 0 Å². The zero-order chi connectivity index (χ0) is 16.9. The van der Waals surface area contributed by atoms with Crippen LogP contribution in [0, 0.1) is 6.92 Å². The van der Waals surface area contributed by atoms with E-state index >= 15 is 0 Å². The number of hydrogen-bond acceptors (Lipinski definition) is 3. The maximum atomic E-state index is 12.6. The number of aromatic nitrogens is 2. The van der Waals surface area contributed by atoms with Gasteiger partial charge in [0.25, 0.3) is 5.91 Å². The Morgan fingerprint density at radius 2 is 2.33 bits per heavy atom. The van der Waals surface area contributed by atoms with Crippen LogP contribution in [0.25, 0.3) is 5.69 Å². The Morgan fingerprint density at radius 1 is 1.46 bits per heavy atom. The highest BCUT2D eigenvalue weighted by molar-refractivity contribution is 5.95. The van der Waals surface area contributed by atoms with Crippen molar-refractivity contribution in [2.75, 3.05) is 13.2 Å². The van der Waals surface area contributed by atoms with Crippen molar-refractivity contribution < 1.29 is 9.53 Å². The maximum absolute atomic E-state index is 12.6. The van der Waals surface area contributed by atoms with Crippen LogP contribution in [-0.2, 0) is 11.2 Å². The standard InChI is InChI=1S/C19H25N3O2/c1-3-6-18-17(19(23)20-12-16-9-5-10-24-16)13-21-22(18)15-8-4-7-14(2)11-15/h4,7-8,11,13,16H,3,5-6,9-10,12H2,1-2H3,(H,20,23)/t16-/m0/s1. The van der Waals surface area contributed by atoms with E-state index in [9.17, 15) is 4.79 Å². The van der Waals surface area contributed by atoms with E-state index in [1.54, 1.807) is 6.20 Å². The second-order valence-electron chi connectivity index (χ2n) is 6.35. The Hall–Kier alpha value is -2.14. The molecule has 0 spiro atoms. The Morgan fingerprint density at radius 3 is 3.04 bits per heavy atom. The average Bonchev–Trinajstić information content (AvgIpc) is 3.23. The number of hydrogen-bond donors (Lipinski definition) is 1. The van der Waals surface area contributed by atoms with Gasteiger partial charge in [-0.15, -0.1) is 0 Å². The molecular weight excluding hydrogens is 302 g/mol. The van der Waals surface area contributed by atoms with Crippen LogP contribution in [0.4, 0.5) is 0 Å². The van der Waals surface area contributed by atoms with Gasteiger partial charge >= 0.3 is 0 Å². The number of benzene rings is 1. The third-order valence-electron chi connectivity index (χ3n) is 4.36. The number of carbonyl (C=O) groups excluding carboxylic acids is 1. The van der Waals surface area contributed by atoms with Crippen molar-refractivity contribution in [2.24, 2.45) is 0 Å². The molecule has 1 saturated heterocycles. The van der Waals surface area contributed by atoms with Gasteiger partial charge in [0, 0.05) is 13.2 Å². The first-order chi connectivity index (χ1) is 11.7. The van der Waals surface area contributed by atoms with E-state index in [1.165, 1.54) is 5.56 Å². The largest absolute Gasteiger partial charge is 0.376 e. The first-order valence-corrected chi connectivity index (χ1v) is 8.72. The van der Waals surface area contributed by atoms with Crippen LogP contribution in [0.15, 0.2) is 30.5 Å². The first kappa shape index (κ1) is 16.7. The molecular formula is C19H25N3O2. The molecule has 0 radical (unpaired) electrons. The number of carbonyl (C=O) groups is 1. The molecule has 5 nitrogen and oxygen atoms in total. The number of amides is 1. The molecule has 5 heteroatoms. The summed E-state index contributed by atoms with van der Waals surface area (Å²) >= 11 is 0. The molecule has 0 aliphatic carbocycles. The lowest BCUT2D eigenvalue weighted by Gasteiger charge is -2.12. The quantitative estimate of drug-likeness (QED) is 0.887. The molecule has 24 heavy (non-hydrogen) atoms. The van der Waals surface area contributed by atoms with Crippen molar-refractivity contribution in [3.63, 3.8) is 0 Å². The summed E-state index contributed by atoms with van der Waals surface area (Å²) < 4.78 is 7.46. The lowest BCUT2D eigenvalue weighted by Crippen LogP contribution is -2.32. The number of rotatable bonds is 6. The fourth-order valence-electron chi connectivity index (χ4n) is 3.13. The fourth-order valence-corrected chi connectivity index (χ4v) is 3.13. The van der Waals surface area contributed by atoms with Crippen LogP contribution in [0.2, 0.25) is 0 Å². The van der Waals surface area contributed by atoms with Gasteiger partial charge in [-0.1, -0.05) is 25.5 Å². The van der Waals surface area contributed by atoms with Crippen molar-refractivity contribution in [1.82, 2.24) is 15.1 Å². The zero-order valence-electron chi connectivity index (χ0n) is 14.4. The summed E-state index contributed by atoms with van der Waals surface area (Å²) in [6, 6.07) is 8.17. The minimum Gasteiger partial charge on any atom is -0.376 e. The third-order valence-corrected chi connectivity index (χ3v) is 4.36. The normalized spacial score (nSPS) is 17.2. The van der Waals surface area contributed by atoms with Crippen molar-refractivity contribution in [3.05, 3.63) is 47.3 Å². The molecule has 1 aromatic heterocycles. The molecule has 0 bridgehead atoms.